The van der Waals surface area contributed by atoms with Gasteiger partial charge in [-0.3, -0.25) is 4.79 Å². The van der Waals surface area contributed by atoms with Crippen molar-refractivity contribution in [2.24, 2.45) is 0 Å². The minimum atomic E-state index is 0.0260. The molecule has 1 heterocycles. The Morgan fingerprint density at radius 3 is 2.75 bits per heavy atom. The monoisotopic (exact) mass is 266 g/mol. The molecule has 3 aromatic rings. The summed E-state index contributed by atoms with van der Waals surface area (Å²) in [5, 5.41) is 2.15. The number of Topliss-reactive ketones (excluding diaryl/α,β-unsaturated/α-hetero) is 1. The minimum absolute atomic E-state index is 0.0260. The summed E-state index contributed by atoms with van der Waals surface area (Å²) in [7, 11) is 0. The van der Waals surface area contributed by atoms with Gasteiger partial charge < -0.3 is 9.15 Å². The van der Waals surface area contributed by atoms with Gasteiger partial charge >= 0.3 is 0 Å². The summed E-state index contributed by atoms with van der Waals surface area (Å²) < 4.78 is 11.7. The second-order valence-corrected chi connectivity index (χ2v) is 5.28. The Labute approximate surface area is 116 Å². The number of ether oxygens (including phenoxy) is 1. The van der Waals surface area contributed by atoms with Crippen LogP contribution in [0.1, 0.15) is 19.3 Å². The van der Waals surface area contributed by atoms with Crippen molar-refractivity contribution in [1.82, 2.24) is 0 Å². The zero-order chi connectivity index (χ0) is 13.5. The average molecular weight is 266 g/mol. The first-order valence-electron chi connectivity index (χ1n) is 6.89. The number of rotatable bonds is 2. The third kappa shape index (κ3) is 1.86. The Morgan fingerprint density at radius 1 is 1.05 bits per heavy atom. The van der Waals surface area contributed by atoms with Crippen LogP contribution in [-0.4, -0.2) is 11.9 Å². The lowest BCUT2D eigenvalue weighted by atomic mass is 10.1. The highest BCUT2D eigenvalue weighted by Gasteiger charge is 2.23. The van der Waals surface area contributed by atoms with Crippen LogP contribution in [0, 0.1) is 0 Å². The fraction of sp³-hybridized carbons (Fsp3) is 0.235. The summed E-state index contributed by atoms with van der Waals surface area (Å²) in [6.07, 6.45) is 2.02. The molecule has 0 aliphatic heterocycles. The number of hydrogen-bond donors (Lipinski definition) is 0. The number of carbonyl (C=O) groups is 1. The van der Waals surface area contributed by atoms with Gasteiger partial charge in [0.25, 0.3) is 0 Å². The third-order valence-corrected chi connectivity index (χ3v) is 3.85. The van der Waals surface area contributed by atoms with Gasteiger partial charge in [-0.05, 0) is 30.7 Å². The molecule has 1 aromatic heterocycles. The molecular weight excluding hydrogens is 252 g/mol. The molecule has 0 radical (unpaired) electrons. The molecule has 1 fully saturated rings. The highest BCUT2D eigenvalue weighted by atomic mass is 16.5. The van der Waals surface area contributed by atoms with Gasteiger partial charge in [0.2, 0.25) is 0 Å². The van der Waals surface area contributed by atoms with E-state index < -0.39 is 0 Å². The second kappa shape index (κ2) is 4.37. The Kier molecular flexibility index (Phi) is 2.52. The van der Waals surface area contributed by atoms with E-state index in [9.17, 15) is 4.79 Å². The Bertz CT molecular complexity index is 800. The lowest BCUT2D eigenvalue weighted by molar-refractivity contribution is -0.117. The Morgan fingerprint density at radius 2 is 1.90 bits per heavy atom. The van der Waals surface area contributed by atoms with Crippen molar-refractivity contribution in [3.05, 3.63) is 42.5 Å². The molecule has 100 valence electrons. The van der Waals surface area contributed by atoms with Gasteiger partial charge in [0.05, 0.1) is 0 Å². The van der Waals surface area contributed by atoms with E-state index in [1.54, 1.807) is 0 Å². The largest absolute Gasteiger partial charge is 0.490 e. The molecule has 1 unspecified atom stereocenters. The number of para-hydroxylation sites is 1. The van der Waals surface area contributed by atoms with Crippen LogP contribution < -0.4 is 4.74 Å². The zero-order valence-corrected chi connectivity index (χ0v) is 11.0. The maximum absolute atomic E-state index is 11.3. The fourth-order valence-electron chi connectivity index (χ4n) is 2.85. The number of benzene rings is 2. The highest BCUT2D eigenvalue weighted by molar-refractivity contribution is 6.05. The third-order valence-electron chi connectivity index (χ3n) is 3.85. The average Bonchev–Trinajstić information content (AvgIpc) is 3.02. The van der Waals surface area contributed by atoms with Gasteiger partial charge in [-0.15, -0.1) is 0 Å². The molecule has 1 aliphatic carbocycles. The van der Waals surface area contributed by atoms with E-state index in [1.165, 1.54) is 0 Å². The van der Waals surface area contributed by atoms with Crippen LogP contribution in [0.25, 0.3) is 21.9 Å². The summed E-state index contributed by atoms with van der Waals surface area (Å²) in [4.78, 5) is 11.3. The van der Waals surface area contributed by atoms with Crippen molar-refractivity contribution >= 4 is 27.7 Å². The van der Waals surface area contributed by atoms with Crippen LogP contribution in [0.5, 0.6) is 5.75 Å². The molecule has 0 spiro atoms. The lowest BCUT2D eigenvalue weighted by Crippen LogP contribution is -2.11. The lowest BCUT2D eigenvalue weighted by Gasteiger charge is -2.11. The first kappa shape index (κ1) is 11.5. The van der Waals surface area contributed by atoms with Crippen LogP contribution in [0.4, 0.5) is 0 Å². The molecule has 3 nitrogen and oxygen atoms in total. The van der Waals surface area contributed by atoms with Crippen molar-refractivity contribution in [2.45, 2.75) is 25.4 Å². The summed E-state index contributed by atoms with van der Waals surface area (Å²) in [6, 6.07) is 13.8. The number of furan rings is 1. The molecule has 0 amide bonds. The quantitative estimate of drug-likeness (QED) is 0.701. The number of hydrogen-bond acceptors (Lipinski definition) is 3. The molecule has 20 heavy (non-hydrogen) atoms. The van der Waals surface area contributed by atoms with E-state index in [1.807, 2.05) is 42.5 Å². The molecular formula is C17H14O3. The molecule has 0 N–H and O–H groups in total. The molecule has 2 aromatic carbocycles. The van der Waals surface area contributed by atoms with E-state index in [0.717, 1.165) is 34.1 Å². The Hall–Kier alpha value is -2.29. The van der Waals surface area contributed by atoms with Gasteiger partial charge in [-0.1, -0.05) is 18.2 Å². The van der Waals surface area contributed by atoms with Crippen LogP contribution in [0.2, 0.25) is 0 Å². The van der Waals surface area contributed by atoms with Crippen LogP contribution >= 0.6 is 0 Å². The van der Waals surface area contributed by atoms with Gasteiger partial charge in [0.1, 0.15) is 28.8 Å². The Balaban J connectivity index is 1.74. The van der Waals surface area contributed by atoms with Crippen LogP contribution in [0.3, 0.4) is 0 Å². The van der Waals surface area contributed by atoms with Crippen molar-refractivity contribution in [1.29, 1.82) is 0 Å². The molecule has 0 saturated heterocycles. The standard InChI is InChI=1S/C17H14O3/c18-11-5-6-12(9-11)19-13-7-8-17-15(10-13)14-3-1-2-4-16(14)20-17/h1-4,7-8,10,12H,5-6,9H2. The zero-order valence-electron chi connectivity index (χ0n) is 11.0. The smallest absolute Gasteiger partial charge is 0.136 e. The molecule has 1 aliphatic rings. The first-order chi connectivity index (χ1) is 9.79. The van der Waals surface area contributed by atoms with Gasteiger partial charge in [-0.25, -0.2) is 0 Å². The van der Waals surface area contributed by atoms with Gasteiger partial charge in [-0.2, -0.15) is 0 Å². The van der Waals surface area contributed by atoms with Crippen LogP contribution in [-0.2, 0) is 4.79 Å². The minimum Gasteiger partial charge on any atom is -0.490 e. The van der Waals surface area contributed by atoms with Crippen molar-refractivity contribution in [3.63, 3.8) is 0 Å². The molecule has 0 bridgehead atoms. The molecule has 4 rings (SSSR count). The second-order valence-electron chi connectivity index (χ2n) is 5.28. The molecule has 1 atom stereocenters. The molecule has 3 heteroatoms. The van der Waals surface area contributed by atoms with E-state index in [0.29, 0.717) is 18.6 Å². The summed E-state index contributed by atoms with van der Waals surface area (Å²) >= 11 is 0. The number of fused-ring (bicyclic) bond motifs is 3. The topological polar surface area (TPSA) is 39.4 Å². The van der Waals surface area contributed by atoms with E-state index in [4.69, 9.17) is 9.15 Å². The van der Waals surface area contributed by atoms with Gasteiger partial charge in [0.15, 0.2) is 0 Å². The first-order valence-corrected chi connectivity index (χ1v) is 6.89. The van der Waals surface area contributed by atoms with E-state index in [-0.39, 0.29) is 6.10 Å². The highest BCUT2D eigenvalue weighted by Crippen LogP contribution is 2.32. The molecule has 1 saturated carbocycles. The SMILES string of the molecule is O=C1CCC(Oc2ccc3oc4ccccc4c3c2)C1. The normalized spacial score (nSPS) is 19.0. The predicted molar refractivity (Wildman–Crippen MR) is 77.0 cm³/mol. The predicted octanol–water partition coefficient (Wildman–Crippen LogP) is 4.09. The summed E-state index contributed by atoms with van der Waals surface area (Å²) in [5.74, 6) is 1.11. The van der Waals surface area contributed by atoms with Gasteiger partial charge in [0, 0.05) is 23.6 Å². The fourth-order valence-corrected chi connectivity index (χ4v) is 2.85. The number of carbonyl (C=O) groups excluding carboxylic acids is 1. The van der Waals surface area contributed by atoms with E-state index in [2.05, 4.69) is 0 Å². The van der Waals surface area contributed by atoms with E-state index >= 15 is 0 Å². The summed E-state index contributed by atoms with van der Waals surface area (Å²) in [6.45, 7) is 0. The van der Waals surface area contributed by atoms with Crippen molar-refractivity contribution in [2.75, 3.05) is 0 Å². The maximum atomic E-state index is 11.3. The van der Waals surface area contributed by atoms with Crippen molar-refractivity contribution in [3.8, 4) is 5.75 Å². The number of ketones is 1. The summed E-state index contributed by atoms with van der Waals surface area (Å²) in [5.41, 5.74) is 1.75. The van der Waals surface area contributed by atoms with Crippen LogP contribution in [0.15, 0.2) is 46.9 Å². The van der Waals surface area contributed by atoms with Crippen molar-refractivity contribution < 1.29 is 13.9 Å². The maximum Gasteiger partial charge on any atom is 0.136 e.